The van der Waals surface area contributed by atoms with Crippen LogP contribution in [-0.4, -0.2) is 38.7 Å². The second-order valence-corrected chi connectivity index (χ2v) is 7.93. The Kier molecular flexibility index (Phi) is 4.78. The van der Waals surface area contributed by atoms with E-state index in [-0.39, 0.29) is 11.9 Å². The first kappa shape index (κ1) is 19.7. The van der Waals surface area contributed by atoms with E-state index in [2.05, 4.69) is 18.8 Å². The zero-order chi connectivity index (χ0) is 20.9. The van der Waals surface area contributed by atoms with Gasteiger partial charge < -0.3 is 9.80 Å². The predicted molar refractivity (Wildman–Crippen MR) is 102 cm³/mol. The minimum atomic E-state index is -4.46. The first-order valence-corrected chi connectivity index (χ1v) is 9.86. The molecule has 6 nitrogen and oxygen atoms in total. The van der Waals surface area contributed by atoms with Crippen LogP contribution in [0.15, 0.2) is 12.3 Å². The molecule has 0 aromatic carbocycles. The second kappa shape index (κ2) is 7.03. The molecule has 2 aromatic heterocycles. The van der Waals surface area contributed by atoms with Crippen LogP contribution in [0.4, 0.5) is 24.7 Å². The van der Waals surface area contributed by atoms with E-state index in [9.17, 15) is 18.0 Å². The van der Waals surface area contributed by atoms with Gasteiger partial charge in [-0.15, -0.1) is 0 Å². The van der Waals surface area contributed by atoms with Gasteiger partial charge in [-0.2, -0.15) is 18.3 Å². The summed E-state index contributed by atoms with van der Waals surface area (Å²) in [5.74, 6) is 0.733. The van der Waals surface area contributed by atoms with E-state index in [1.54, 1.807) is 11.8 Å². The van der Waals surface area contributed by atoms with E-state index in [0.29, 0.717) is 43.7 Å². The Morgan fingerprint density at radius 2 is 1.97 bits per heavy atom. The van der Waals surface area contributed by atoms with Gasteiger partial charge >= 0.3 is 6.18 Å². The van der Waals surface area contributed by atoms with Crippen molar-refractivity contribution in [1.82, 2.24) is 19.7 Å². The quantitative estimate of drug-likeness (QED) is 0.759. The third kappa shape index (κ3) is 3.47. The Hall–Kier alpha value is -2.58. The Labute approximate surface area is 167 Å². The van der Waals surface area contributed by atoms with Crippen LogP contribution < -0.4 is 4.90 Å². The van der Waals surface area contributed by atoms with Crippen LogP contribution in [0, 0.1) is 0 Å². The van der Waals surface area contributed by atoms with Crippen molar-refractivity contribution in [3.63, 3.8) is 0 Å². The van der Waals surface area contributed by atoms with Gasteiger partial charge in [-0.1, -0.05) is 0 Å². The highest BCUT2D eigenvalue weighted by Gasteiger charge is 2.35. The minimum absolute atomic E-state index is 0.00873. The molecule has 4 heterocycles. The van der Waals surface area contributed by atoms with E-state index < -0.39 is 11.9 Å². The van der Waals surface area contributed by atoms with Crippen LogP contribution in [0.1, 0.15) is 55.7 Å². The molecule has 0 saturated heterocycles. The highest BCUT2D eigenvalue weighted by atomic mass is 19.4. The van der Waals surface area contributed by atoms with Crippen LogP contribution in [0.3, 0.4) is 0 Å². The molecule has 0 saturated carbocycles. The van der Waals surface area contributed by atoms with Gasteiger partial charge in [0, 0.05) is 43.7 Å². The lowest BCUT2D eigenvalue weighted by atomic mass is 10.0. The molecule has 29 heavy (non-hydrogen) atoms. The molecule has 0 N–H and O–H groups in total. The summed E-state index contributed by atoms with van der Waals surface area (Å²) < 4.78 is 41.2. The number of alkyl halides is 3. The molecule has 4 rings (SSSR count). The molecule has 2 aromatic rings. The molecule has 1 amide bonds. The summed E-state index contributed by atoms with van der Waals surface area (Å²) in [6.07, 6.45) is -1.13. The van der Waals surface area contributed by atoms with E-state index in [1.807, 2.05) is 9.58 Å². The lowest BCUT2D eigenvalue weighted by molar-refractivity contribution is -0.141. The van der Waals surface area contributed by atoms with Crippen molar-refractivity contribution in [1.29, 1.82) is 0 Å². The summed E-state index contributed by atoms with van der Waals surface area (Å²) in [5, 5.41) is 4.83. The third-order valence-electron chi connectivity index (χ3n) is 5.63. The normalized spacial score (nSPS) is 16.8. The number of nitrogens with zero attached hydrogens (tertiary/aromatic N) is 5. The first-order chi connectivity index (χ1) is 13.7. The number of carbonyl (C=O) groups excluding carboxylic acids is 1. The number of pyridine rings is 1. The zero-order valence-electron chi connectivity index (χ0n) is 16.8. The topological polar surface area (TPSA) is 54.3 Å². The number of rotatable bonds is 2. The highest BCUT2D eigenvalue weighted by molar-refractivity contribution is 5.75. The van der Waals surface area contributed by atoms with Crippen LogP contribution in [-0.2, 0) is 30.4 Å². The maximum atomic E-state index is 13.1. The number of anilines is 2. The number of aryl methyl sites for hydroxylation is 1. The molecule has 0 radical (unpaired) electrons. The van der Waals surface area contributed by atoms with E-state index in [1.165, 1.54) is 6.20 Å². The van der Waals surface area contributed by atoms with Crippen molar-refractivity contribution in [2.45, 2.75) is 58.8 Å². The largest absolute Gasteiger partial charge is 0.433 e. The lowest BCUT2D eigenvalue weighted by Crippen LogP contribution is -2.35. The lowest BCUT2D eigenvalue weighted by Gasteiger charge is -2.32. The molecule has 0 atom stereocenters. The molecule has 156 valence electrons. The van der Waals surface area contributed by atoms with Crippen LogP contribution in [0.2, 0.25) is 0 Å². The van der Waals surface area contributed by atoms with Gasteiger partial charge in [-0.05, 0) is 38.3 Å². The average molecular weight is 407 g/mol. The van der Waals surface area contributed by atoms with Crippen LogP contribution in [0.5, 0.6) is 0 Å². The maximum absolute atomic E-state index is 13.1. The molecule has 2 aliphatic heterocycles. The van der Waals surface area contributed by atoms with Gasteiger partial charge in [0.05, 0.1) is 18.4 Å². The molecule has 2 aliphatic rings. The predicted octanol–water partition coefficient (Wildman–Crippen LogP) is 3.87. The molecule has 9 heteroatoms. The SMILES string of the molecule is CC(=O)N1CCc2c(c(N3CCCc4cc(C(F)(F)F)ncc43)nn2C(C)C)C1. The third-order valence-corrected chi connectivity index (χ3v) is 5.63. The smallest absolute Gasteiger partial charge is 0.338 e. The number of halogens is 3. The molecule has 0 aliphatic carbocycles. The molecule has 0 fully saturated rings. The number of fused-ring (bicyclic) bond motifs is 2. The van der Waals surface area contributed by atoms with Crippen LogP contribution >= 0.6 is 0 Å². The minimum Gasteiger partial charge on any atom is -0.338 e. The highest BCUT2D eigenvalue weighted by Crippen LogP contribution is 2.39. The first-order valence-electron chi connectivity index (χ1n) is 9.86. The van der Waals surface area contributed by atoms with E-state index in [4.69, 9.17) is 5.10 Å². The van der Waals surface area contributed by atoms with Crippen molar-refractivity contribution in [2.24, 2.45) is 0 Å². The number of amides is 1. The van der Waals surface area contributed by atoms with Gasteiger partial charge in [0.1, 0.15) is 5.69 Å². The van der Waals surface area contributed by atoms with Gasteiger partial charge in [0.2, 0.25) is 5.91 Å². The van der Waals surface area contributed by atoms with Gasteiger partial charge in [0.15, 0.2) is 5.82 Å². The molecule has 0 unspecified atom stereocenters. The Balaban J connectivity index is 1.80. The van der Waals surface area contributed by atoms with Crippen molar-refractivity contribution in [3.05, 3.63) is 34.8 Å². The zero-order valence-corrected chi connectivity index (χ0v) is 16.8. The van der Waals surface area contributed by atoms with Crippen LogP contribution in [0.25, 0.3) is 0 Å². The number of hydrogen-bond donors (Lipinski definition) is 0. The molecule has 0 spiro atoms. The summed E-state index contributed by atoms with van der Waals surface area (Å²) in [4.78, 5) is 19.4. The van der Waals surface area contributed by atoms with Crippen molar-refractivity contribution in [2.75, 3.05) is 18.0 Å². The van der Waals surface area contributed by atoms with Crippen molar-refractivity contribution in [3.8, 4) is 0 Å². The Bertz CT molecular complexity index is 950. The number of hydrogen-bond acceptors (Lipinski definition) is 4. The fraction of sp³-hybridized carbons (Fsp3) is 0.550. The van der Waals surface area contributed by atoms with Crippen molar-refractivity contribution >= 4 is 17.4 Å². The van der Waals surface area contributed by atoms with E-state index >= 15 is 0 Å². The van der Waals surface area contributed by atoms with Gasteiger partial charge in [-0.25, -0.2) is 4.98 Å². The summed E-state index contributed by atoms with van der Waals surface area (Å²) in [6.45, 7) is 7.42. The van der Waals surface area contributed by atoms with Gasteiger partial charge in [-0.3, -0.25) is 9.48 Å². The standard InChI is InChI=1S/C20H24F3N5O/c1-12(2)28-16-6-8-26(13(3)29)11-15(16)19(25-28)27-7-4-5-14-9-18(20(21,22)23)24-10-17(14)27/h9-10,12H,4-8,11H2,1-3H3. The summed E-state index contributed by atoms with van der Waals surface area (Å²) >= 11 is 0. The van der Waals surface area contributed by atoms with Gasteiger partial charge in [0.25, 0.3) is 0 Å². The summed E-state index contributed by atoms with van der Waals surface area (Å²) in [7, 11) is 0. The average Bonchev–Trinajstić information content (AvgIpc) is 3.05. The Morgan fingerprint density at radius 1 is 1.21 bits per heavy atom. The molecular weight excluding hydrogens is 383 g/mol. The second-order valence-electron chi connectivity index (χ2n) is 7.93. The number of carbonyl (C=O) groups is 1. The maximum Gasteiger partial charge on any atom is 0.433 e. The van der Waals surface area contributed by atoms with E-state index in [0.717, 1.165) is 29.6 Å². The Morgan fingerprint density at radius 3 is 2.62 bits per heavy atom. The van der Waals surface area contributed by atoms with Crippen molar-refractivity contribution < 1.29 is 18.0 Å². The summed E-state index contributed by atoms with van der Waals surface area (Å²) in [5.41, 5.74) is 2.51. The molecule has 0 bridgehead atoms. The summed E-state index contributed by atoms with van der Waals surface area (Å²) in [6, 6.07) is 1.30. The fourth-order valence-electron chi connectivity index (χ4n) is 4.20. The number of aromatic nitrogens is 3. The fourth-order valence-corrected chi connectivity index (χ4v) is 4.20. The molecular formula is C20H24F3N5O. The monoisotopic (exact) mass is 407 g/mol.